The molecule has 0 fully saturated rings. The lowest BCUT2D eigenvalue weighted by Gasteiger charge is -2.14. The van der Waals surface area contributed by atoms with E-state index in [1.807, 2.05) is 24.3 Å². The molecule has 0 aliphatic heterocycles. The fraction of sp³-hybridized carbons (Fsp3) is 0.462. The molecule has 0 unspecified atom stereocenters. The zero-order chi connectivity index (χ0) is 12.7. The number of carboxylic acids is 1. The van der Waals surface area contributed by atoms with E-state index < -0.39 is 5.97 Å². The fourth-order valence-electron chi connectivity index (χ4n) is 1.61. The number of hydrogen-bond donors (Lipinski definition) is 2. The van der Waals surface area contributed by atoms with E-state index in [4.69, 9.17) is 16.7 Å². The molecule has 3 nitrogen and oxygen atoms in total. The summed E-state index contributed by atoms with van der Waals surface area (Å²) >= 11 is 5.91. The number of halogens is 1. The number of rotatable bonds is 7. The van der Waals surface area contributed by atoms with Crippen LogP contribution in [0.25, 0.3) is 0 Å². The maximum atomic E-state index is 10.3. The standard InChI is InChI=1S/C13H18ClNO2/c1-10(11-5-4-6-12(14)9-11)15-8-3-2-7-13(16)17/h4-6,9-10,15H,2-3,7-8H2,1H3,(H,16,17)/t10-/m0/s1. The van der Waals surface area contributed by atoms with Crippen molar-refractivity contribution in [2.24, 2.45) is 0 Å². The number of nitrogens with one attached hydrogen (secondary N) is 1. The van der Waals surface area contributed by atoms with Gasteiger partial charge in [0.15, 0.2) is 0 Å². The van der Waals surface area contributed by atoms with Crippen LogP contribution in [0.3, 0.4) is 0 Å². The summed E-state index contributed by atoms with van der Waals surface area (Å²) in [5.41, 5.74) is 1.15. The molecule has 2 N–H and O–H groups in total. The summed E-state index contributed by atoms with van der Waals surface area (Å²) in [4.78, 5) is 10.3. The molecule has 0 saturated heterocycles. The topological polar surface area (TPSA) is 49.3 Å². The molecular formula is C13H18ClNO2. The second-order valence-corrected chi connectivity index (χ2v) is 4.52. The van der Waals surface area contributed by atoms with E-state index >= 15 is 0 Å². The summed E-state index contributed by atoms with van der Waals surface area (Å²) in [6.07, 6.45) is 1.83. The summed E-state index contributed by atoms with van der Waals surface area (Å²) in [5.74, 6) is -0.729. The van der Waals surface area contributed by atoms with Crippen molar-refractivity contribution < 1.29 is 9.90 Å². The molecule has 0 spiro atoms. The number of carboxylic acid groups (broad SMARTS) is 1. The first-order valence-electron chi connectivity index (χ1n) is 5.80. The van der Waals surface area contributed by atoms with Crippen molar-refractivity contribution in [3.8, 4) is 0 Å². The Labute approximate surface area is 107 Å². The van der Waals surface area contributed by atoms with E-state index in [1.54, 1.807) is 0 Å². The first kappa shape index (κ1) is 14.0. The van der Waals surface area contributed by atoms with Gasteiger partial charge >= 0.3 is 5.97 Å². The second-order valence-electron chi connectivity index (χ2n) is 4.08. The third-order valence-electron chi connectivity index (χ3n) is 2.62. The van der Waals surface area contributed by atoms with Crippen LogP contribution in [0.5, 0.6) is 0 Å². The Bertz CT molecular complexity index is 368. The van der Waals surface area contributed by atoms with Crippen molar-refractivity contribution >= 4 is 17.6 Å². The summed E-state index contributed by atoms with van der Waals surface area (Å²) < 4.78 is 0. The van der Waals surface area contributed by atoms with Crippen molar-refractivity contribution in [1.82, 2.24) is 5.32 Å². The molecule has 1 atom stereocenters. The molecule has 0 amide bonds. The maximum absolute atomic E-state index is 10.3. The average Bonchev–Trinajstić information content (AvgIpc) is 2.28. The lowest BCUT2D eigenvalue weighted by atomic mass is 10.1. The van der Waals surface area contributed by atoms with Crippen LogP contribution in [0.15, 0.2) is 24.3 Å². The third kappa shape index (κ3) is 5.71. The van der Waals surface area contributed by atoms with Gasteiger partial charge in [-0.15, -0.1) is 0 Å². The molecule has 0 aliphatic carbocycles. The second kappa shape index (κ2) is 7.30. The van der Waals surface area contributed by atoms with Gasteiger partial charge in [-0.25, -0.2) is 0 Å². The maximum Gasteiger partial charge on any atom is 0.303 e. The highest BCUT2D eigenvalue weighted by Gasteiger charge is 2.04. The minimum absolute atomic E-state index is 0.235. The van der Waals surface area contributed by atoms with Crippen LogP contribution in [-0.2, 0) is 4.79 Å². The van der Waals surface area contributed by atoms with Gasteiger partial charge in [-0.05, 0) is 44.0 Å². The molecular weight excluding hydrogens is 238 g/mol. The molecule has 1 aromatic rings. The SMILES string of the molecule is C[C@H](NCCCCC(=O)O)c1cccc(Cl)c1. The van der Waals surface area contributed by atoms with Crippen LogP contribution in [-0.4, -0.2) is 17.6 Å². The Hall–Kier alpha value is -1.06. The van der Waals surface area contributed by atoms with E-state index in [0.29, 0.717) is 6.42 Å². The molecule has 1 aromatic carbocycles. The van der Waals surface area contributed by atoms with Crippen molar-refractivity contribution in [3.05, 3.63) is 34.9 Å². The molecule has 0 aromatic heterocycles. The third-order valence-corrected chi connectivity index (χ3v) is 2.85. The van der Waals surface area contributed by atoms with Gasteiger partial charge in [0.2, 0.25) is 0 Å². The van der Waals surface area contributed by atoms with Gasteiger partial charge in [0.25, 0.3) is 0 Å². The highest BCUT2D eigenvalue weighted by Crippen LogP contribution is 2.17. The Balaban J connectivity index is 2.25. The minimum Gasteiger partial charge on any atom is -0.481 e. The highest BCUT2D eigenvalue weighted by atomic mass is 35.5. The van der Waals surface area contributed by atoms with Gasteiger partial charge < -0.3 is 10.4 Å². The van der Waals surface area contributed by atoms with Crippen LogP contribution in [0, 0.1) is 0 Å². The molecule has 0 heterocycles. The zero-order valence-electron chi connectivity index (χ0n) is 9.95. The number of carbonyl (C=O) groups is 1. The fourth-order valence-corrected chi connectivity index (χ4v) is 1.81. The molecule has 17 heavy (non-hydrogen) atoms. The first-order valence-corrected chi connectivity index (χ1v) is 6.18. The van der Waals surface area contributed by atoms with E-state index in [1.165, 1.54) is 0 Å². The normalized spacial score (nSPS) is 12.4. The van der Waals surface area contributed by atoms with Crippen LogP contribution in [0.4, 0.5) is 0 Å². The molecule has 1 rings (SSSR count). The van der Waals surface area contributed by atoms with Gasteiger partial charge in [-0.3, -0.25) is 4.79 Å². The molecule has 4 heteroatoms. The predicted molar refractivity (Wildman–Crippen MR) is 69.4 cm³/mol. The van der Waals surface area contributed by atoms with Gasteiger partial charge in [-0.1, -0.05) is 23.7 Å². The number of unbranched alkanes of at least 4 members (excludes halogenated alkanes) is 1. The van der Waals surface area contributed by atoms with Gasteiger partial charge in [0.05, 0.1) is 0 Å². The Morgan fingerprint density at radius 1 is 1.47 bits per heavy atom. The summed E-state index contributed by atoms with van der Waals surface area (Å²) in [7, 11) is 0. The van der Waals surface area contributed by atoms with Crippen molar-refractivity contribution in [2.75, 3.05) is 6.54 Å². The van der Waals surface area contributed by atoms with Crippen molar-refractivity contribution in [1.29, 1.82) is 0 Å². The highest BCUT2D eigenvalue weighted by molar-refractivity contribution is 6.30. The summed E-state index contributed by atoms with van der Waals surface area (Å²) in [6.45, 7) is 2.89. The molecule has 0 saturated carbocycles. The molecule has 0 bridgehead atoms. The van der Waals surface area contributed by atoms with Crippen LogP contribution < -0.4 is 5.32 Å². The Morgan fingerprint density at radius 3 is 2.88 bits per heavy atom. The summed E-state index contributed by atoms with van der Waals surface area (Å²) in [6, 6.07) is 7.99. The zero-order valence-corrected chi connectivity index (χ0v) is 10.7. The van der Waals surface area contributed by atoms with Gasteiger partial charge in [0, 0.05) is 17.5 Å². The first-order chi connectivity index (χ1) is 8.09. The lowest BCUT2D eigenvalue weighted by molar-refractivity contribution is -0.137. The lowest BCUT2D eigenvalue weighted by Crippen LogP contribution is -2.19. The molecule has 0 aliphatic rings. The molecule has 94 valence electrons. The van der Waals surface area contributed by atoms with Crippen molar-refractivity contribution in [3.63, 3.8) is 0 Å². The van der Waals surface area contributed by atoms with Gasteiger partial charge in [-0.2, -0.15) is 0 Å². The van der Waals surface area contributed by atoms with E-state index in [0.717, 1.165) is 23.6 Å². The average molecular weight is 256 g/mol. The van der Waals surface area contributed by atoms with E-state index in [2.05, 4.69) is 12.2 Å². The van der Waals surface area contributed by atoms with E-state index in [9.17, 15) is 4.79 Å². The summed E-state index contributed by atoms with van der Waals surface area (Å²) in [5, 5.41) is 12.6. The van der Waals surface area contributed by atoms with Crippen LogP contribution >= 0.6 is 11.6 Å². The monoisotopic (exact) mass is 255 g/mol. The quantitative estimate of drug-likeness (QED) is 0.736. The smallest absolute Gasteiger partial charge is 0.303 e. The van der Waals surface area contributed by atoms with Crippen molar-refractivity contribution in [2.45, 2.75) is 32.2 Å². The van der Waals surface area contributed by atoms with Crippen LogP contribution in [0.2, 0.25) is 5.02 Å². The minimum atomic E-state index is -0.729. The van der Waals surface area contributed by atoms with E-state index in [-0.39, 0.29) is 12.5 Å². The number of aliphatic carboxylic acids is 1. The number of benzene rings is 1. The Morgan fingerprint density at radius 2 is 2.24 bits per heavy atom. The molecule has 0 radical (unpaired) electrons. The van der Waals surface area contributed by atoms with Gasteiger partial charge in [0.1, 0.15) is 0 Å². The van der Waals surface area contributed by atoms with Crippen LogP contribution in [0.1, 0.15) is 37.8 Å². The largest absolute Gasteiger partial charge is 0.481 e. The Kier molecular flexibility index (Phi) is 6.01. The number of hydrogen-bond acceptors (Lipinski definition) is 2. The predicted octanol–water partition coefficient (Wildman–Crippen LogP) is 3.25.